The zero-order valence-electron chi connectivity index (χ0n) is 14.9. The van der Waals surface area contributed by atoms with Crippen molar-refractivity contribution in [3.05, 3.63) is 35.4 Å². The first-order chi connectivity index (χ1) is 12.1. The third-order valence-electron chi connectivity index (χ3n) is 4.15. The maximum absolute atomic E-state index is 12.0. The Morgan fingerprint density at radius 2 is 2.16 bits per heavy atom. The minimum Gasteiger partial charge on any atom is -0.488 e. The van der Waals surface area contributed by atoms with E-state index in [0.29, 0.717) is 17.9 Å². The standard InChI is InChI=1S/C18H24N4O3/c1-12(2)25-17-13(18(23)24-3)7-6-8-14(17)19-11-16-21-20-15-9-4-5-10-22(15)16/h6-8,12,19H,4-5,9-11H2,1-3H3. The van der Waals surface area contributed by atoms with Gasteiger partial charge in [0.15, 0.2) is 11.6 Å². The van der Waals surface area contributed by atoms with Crippen LogP contribution in [0.2, 0.25) is 0 Å². The Labute approximate surface area is 147 Å². The number of para-hydroxylation sites is 1. The van der Waals surface area contributed by atoms with Gasteiger partial charge in [-0.2, -0.15) is 0 Å². The van der Waals surface area contributed by atoms with E-state index in [0.717, 1.165) is 36.7 Å². The molecule has 0 saturated heterocycles. The smallest absolute Gasteiger partial charge is 0.341 e. The quantitative estimate of drug-likeness (QED) is 0.812. The van der Waals surface area contributed by atoms with Crippen molar-refractivity contribution in [3.8, 4) is 5.75 Å². The summed E-state index contributed by atoms with van der Waals surface area (Å²) in [7, 11) is 1.37. The molecule has 0 bridgehead atoms. The fourth-order valence-electron chi connectivity index (χ4n) is 2.98. The van der Waals surface area contributed by atoms with Crippen molar-refractivity contribution in [2.24, 2.45) is 0 Å². The number of esters is 1. The van der Waals surface area contributed by atoms with Crippen LogP contribution < -0.4 is 10.1 Å². The Morgan fingerprint density at radius 3 is 2.92 bits per heavy atom. The number of rotatable bonds is 6. The largest absolute Gasteiger partial charge is 0.488 e. The number of anilines is 1. The Bertz CT molecular complexity index is 755. The van der Waals surface area contributed by atoms with Gasteiger partial charge in [-0.3, -0.25) is 0 Å². The van der Waals surface area contributed by atoms with E-state index in [-0.39, 0.29) is 6.10 Å². The monoisotopic (exact) mass is 344 g/mol. The molecule has 0 fully saturated rings. The molecule has 2 aromatic rings. The van der Waals surface area contributed by atoms with Crippen LogP contribution in [0.1, 0.15) is 48.7 Å². The lowest BCUT2D eigenvalue weighted by Gasteiger charge is -2.19. The van der Waals surface area contributed by atoms with Gasteiger partial charge >= 0.3 is 5.97 Å². The summed E-state index contributed by atoms with van der Waals surface area (Å²) in [6.07, 6.45) is 3.23. The summed E-state index contributed by atoms with van der Waals surface area (Å²) in [5.41, 5.74) is 1.15. The van der Waals surface area contributed by atoms with Gasteiger partial charge in [0, 0.05) is 13.0 Å². The second-order valence-corrected chi connectivity index (χ2v) is 6.34. The molecule has 1 aliphatic heterocycles. The summed E-state index contributed by atoms with van der Waals surface area (Å²) in [4.78, 5) is 12.0. The van der Waals surface area contributed by atoms with Gasteiger partial charge in [-0.15, -0.1) is 10.2 Å². The van der Waals surface area contributed by atoms with Gasteiger partial charge in [-0.05, 0) is 38.8 Å². The van der Waals surface area contributed by atoms with Gasteiger partial charge in [-0.25, -0.2) is 4.79 Å². The number of aryl methyl sites for hydroxylation is 1. The van der Waals surface area contributed by atoms with Gasteiger partial charge in [-0.1, -0.05) is 6.07 Å². The summed E-state index contributed by atoms with van der Waals surface area (Å²) in [5.74, 6) is 2.03. The van der Waals surface area contributed by atoms with Crippen molar-refractivity contribution in [2.75, 3.05) is 12.4 Å². The minimum absolute atomic E-state index is 0.0628. The van der Waals surface area contributed by atoms with Gasteiger partial charge in [0.1, 0.15) is 11.4 Å². The fourth-order valence-corrected chi connectivity index (χ4v) is 2.98. The topological polar surface area (TPSA) is 78.3 Å². The number of hydrogen-bond donors (Lipinski definition) is 1. The third-order valence-corrected chi connectivity index (χ3v) is 4.15. The molecule has 1 aromatic carbocycles. The van der Waals surface area contributed by atoms with Crippen molar-refractivity contribution in [1.29, 1.82) is 0 Å². The molecule has 0 amide bonds. The third kappa shape index (κ3) is 3.75. The highest BCUT2D eigenvalue weighted by atomic mass is 16.5. The highest BCUT2D eigenvalue weighted by Crippen LogP contribution is 2.31. The van der Waals surface area contributed by atoms with Gasteiger partial charge < -0.3 is 19.4 Å². The van der Waals surface area contributed by atoms with Crippen LogP contribution >= 0.6 is 0 Å². The van der Waals surface area contributed by atoms with Crippen LogP contribution in [-0.2, 0) is 24.2 Å². The molecule has 0 saturated carbocycles. The lowest BCUT2D eigenvalue weighted by Crippen LogP contribution is -2.16. The summed E-state index contributed by atoms with van der Waals surface area (Å²) >= 11 is 0. The molecule has 7 heteroatoms. The van der Waals surface area contributed by atoms with Crippen LogP contribution in [0.3, 0.4) is 0 Å². The number of nitrogens with one attached hydrogen (secondary N) is 1. The average molecular weight is 344 g/mol. The first-order valence-corrected chi connectivity index (χ1v) is 8.63. The van der Waals surface area contributed by atoms with Gasteiger partial charge in [0.2, 0.25) is 0 Å². The first-order valence-electron chi connectivity index (χ1n) is 8.63. The summed E-state index contributed by atoms with van der Waals surface area (Å²) in [5, 5.41) is 11.9. The number of nitrogens with zero attached hydrogens (tertiary/aromatic N) is 3. The van der Waals surface area contributed by atoms with Crippen LogP contribution in [0.25, 0.3) is 0 Å². The molecule has 134 valence electrons. The van der Waals surface area contributed by atoms with Crippen LogP contribution in [0.15, 0.2) is 18.2 Å². The average Bonchev–Trinajstić information content (AvgIpc) is 3.03. The highest BCUT2D eigenvalue weighted by Gasteiger charge is 2.19. The molecule has 3 rings (SSSR count). The van der Waals surface area contributed by atoms with E-state index in [2.05, 4.69) is 20.1 Å². The Kier molecular flexibility index (Phi) is 5.21. The second kappa shape index (κ2) is 7.55. The maximum Gasteiger partial charge on any atom is 0.341 e. The number of benzene rings is 1. The molecule has 0 atom stereocenters. The molecule has 1 aliphatic rings. The summed E-state index contributed by atoms with van der Waals surface area (Å²) < 4.78 is 12.9. The molecule has 0 radical (unpaired) electrons. The fraction of sp³-hybridized carbons (Fsp3) is 0.500. The predicted octanol–water partition coefficient (Wildman–Crippen LogP) is 2.80. The molecule has 25 heavy (non-hydrogen) atoms. The van der Waals surface area contributed by atoms with Crippen LogP contribution in [-0.4, -0.2) is 33.9 Å². The lowest BCUT2D eigenvalue weighted by atomic mass is 10.1. The van der Waals surface area contributed by atoms with E-state index in [4.69, 9.17) is 9.47 Å². The Morgan fingerprint density at radius 1 is 1.32 bits per heavy atom. The van der Waals surface area contributed by atoms with Crippen LogP contribution in [0.5, 0.6) is 5.75 Å². The molecule has 7 nitrogen and oxygen atoms in total. The molecular formula is C18H24N4O3. The van der Waals surface area contributed by atoms with Gasteiger partial charge in [0.05, 0.1) is 25.4 Å². The van der Waals surface area contributed by atoms with E-state index in [1.807, 2.05) is 19.9 Å². The SMILES string of the molecule is COC(=O)c1cccc(NCc2nnc3n2CCCC3)c1OC(C)C. The molecule has 0 aliphatic carbocycles. The molecule has 1 aromatic heterocycles. The first kappa shape index (κ1) is 17.3. The van der Waals surface area contributed by atoms with Crippen molar-refractivity contribution in [2.45, 2.75) is 52.3 Å². The normalized spacial score (nSPS) is 13.4. The van der Waals surface area contributed by atoms with Crippen LogP contribution in [0.4, 0.5) is 5.69 Å². The predicted molar refractivity (Wildman–Crippen MR) is 93.8 cm³/mol. The van der Waals surface area contributed by atoms with Crippen LogP contribution in [0, 0.1) is 0 Å². The van der Waals surface area contributed by atoms with E-state index >= 15 is 0 Å². The van der Waals surface area contributed by atoms with Crippen molar-refractivity contribution in [3.63, 3.8) is 0 Å². The number of fused-ring (bicyclic) bond motifs is 1. The minimum atomic E-state index is -0.417. The summed E-state index contributed by atoms with van der Waals surface area (Å²) in [6.45, 7) is 5.32. The van der Waals surface area contributed by atoms with E-state index in [9.17, 15) is 4.79 Å². The maximum atomic E-state index is 12.0. The summed E-state index contributed by atoms with van der Waals surface area (Å²) in [6, 6.07) is 5.40. The Hall–Kier alpha value is -2.57. The van der Waals surface area contributed by atoms with Crippen molar-refractivity contribution < 1.29 is 14.3 Å². The molecule has 0 unspecified atom stereocenters. The Balaban J connectivity index is 1.84. The highest BCUT2D eigenvalue weighted by molar-refractivity contribution is 5.94. The molecule has 2 heterocycles. The van der Waals surface area contributed by atoms with Crippen molar-refractivity contribution >= 4 is 11.7 Å². The zero-order chi connectivity index (χ0) is 17.8. The van der Waals surface area contributed by atoms with E-state index in [1.165, 1.54) is 13.5 Å². The number of aromatic nitrogens is 3. The number of carbonyl (C=O) groups excluding carboxylic acids is 1. The molecule has 0 spiro atoms. The number of ether oxygens (including phenoxy) is 2. The lowest BCUT2D eigenvalue weighted by molar-refractivity contribution is 0.0594. The zero-order valence-corrected chi connectivity index (χ0v) is 14.9. The number of hydrogen-bond acceptors (Lipinski definition) is 6. The van der Waals surface area contributed by atoms with Crippen molar-refractivity contribution in [1.82, 2.24) is 14.8 Å². The van der Waals surface area contributed by atoms with E-state index < -0.39 is 5.97 Å². The molecular weight excluding hydrogens is 320 g/mol. The molecule has 1 N–H and O–H groups in total. The number of carbonyl (C=O) groups is 1. The number of methoxy groups -OCH3 is 1. The van der Waals surface area contributed by atoms with E-state index in [1.54, 1.807) is 12.1 Å². The van der Waals surface area contributed by atoms with Gasteiger partial charge in [0.25, 0.3) is 0 Å². The second-order valence-electron chi connectivity index (χ2n) is 6.34.